The topological polar surface area (TPSA) is 156 Å². The minimum atomic E-state index is -2.53. The van der Waals surface area contributed by atoms with Gasteiger partial charge in [-0.1, -0.05) is 12.0 Å². The third-order valence-electron chi connectivity index (χ3n) is 6.01. The maximum atomic E-state index is 15.5. The summed E-state index contributed by atoms with van der Waals surface area (Å²) in [5.74, 6) is -2.42. The number of ether oxygens (including phenoxy) is 2. The van der Waals surface area contributed by atoms with Gasteiger partial charge >= 0.3 is 14.1 Å². The molecule has 3 heterocycles. The molecule has 4 N–H and O–H groups in total. The molecule has 4 rings (SSSR count). The van der Waals surface area contributed by atoms with Gasteiger partial charge in [-0.25, -0.2) is 9.37 Å². The Hall–Kier alpha value is -2.47. The molecule has 192 valence electrons. The zero-order valence-corrected chi connectivity index (χ0v) is 21.1. The molecule has 35 heavy (non-hydrogen) atoms. The first kappa shape index (κ1) is 25.6. The Morgan fingerprint density at radius 1 is 1.40 bits per heavy atom. The van der Waals surface area contributed by atoms with E-state index in [9.17, 15) is 9.36 Å². The van der Waals surface area contributed by atoms with E-state index >= 15 is 4.39 Å². The fourth-order valence-corrected chi connectivity index (χ4v) is 4.90. The number of nitrogens with two attached hydrogens (primary N) is 1. The monoisotopic (exact) mass is 512 g/mol. The van der Waals surface area contributed by atoms with Crippen LogP contribution in [-0.4, -0.2) is 56.1 Å². The zero-order valence-electron chi connectivity index (χ0n) is 20.2. The summed E-state index contributed by atoms with van der Waals surface area (Å²) in [5.41, 5.74) is 6.90. The second-order valence-electron chi connectivity index (χ2n) is 9.47. The van der Waals surface area contributed by atoms with Gasteiger partial charge in [0.1, 0.15) is 12.3 Å². The van der Waals surface area contributed by atoms with Crippen LogP contribution in [0.15, 0.2) is 6.33 Å². The predicted octanol–water partition coefficient (Wildman–Crippen LogP) is 3.20. The molecule has 1 aliphatic heterocycles. The predicted molar refractivity (Wildman–Crippen MR) is 126 cm³/mol. The molecule has 12 nitrogen and oxygen atoms in total. The molecule has 2 aromatic rings. The number of esters is 1. The number of rotatable bonds is 10. The minimum Gasteiger partial charge on any atom is -0.462 e. The molecule has 0 spiro atoms. The summed E-state index contributed by atoms with van der Waals surface area (Å²) in [6.07, 6.45) is 3.75. The standard InChI is InChI=1S/C21H32FN7O5P/c1-11(2)33-19(30)13(4)28-35(31)32-9-21(22)8-12(3)18(34-21)29-10-24-15-16(25-14-6-5-7-14)26-20(23)27-17(15)29/h10-14,18H,5-9H2,1-4H3,(H,28,31)(H3,23,25,26,27)/q+1/t12-,13-,18+,21-/m0/s1. The van der Waals surface area contributed by atoms with E-state index in [0.717, 1.165) is 19.3 Å². The highest BCUT2D eigenvalue weighted by atomic mass is 31.1. The van der Waals surface area contributed by atoms with Crippen molar-refractivity contribution in [2.24, 2.45) is 5.92 Å². The Balaban J connectivity index is 1.41. The SMILES string of the molecule is CC(C)OC(=O)[C@H](C)N[P+](=O)OC[C@]1(F)C[C@H](C)[C@H](n2cnc3c(NC4CCC4)nc(N)nc32)O1. The summed E-state index contributed by atoms with van der Waals surface area (Å²) in [4.78, 5) is 24.9. The maximum Gasteiger partial charge on any atom is 0.614 e. The van der Waals surface area contributed by atoms with Gasteiger partial charge in [0.25, 0.3) is 0 Å². The first-order chi connectivity index (χ1) is 16.5. The first-order valence-corrected chi connectivity index (χ1v) is 12.9. The molecule has 2 fully saturated rings. The first-order valence-electron chi connectivity index (χ1n) is 11.7. The number of nitrogens with zero attached hydrogens (tertiary/aromatic N) is 4. The lowest BCUT2D eigenvalue weighted by atomic mass is 9.93. The van der Waals surface area contributed by atoms with Crippen LogP contribution >= 0.6 is 8.18 Å². The molecule has 2 aromatic heterocycles. The molecule has 1 unspecified atom stereocenters. The van der Waals surface area contributed by atoms with Crippen molar-refractivity contribution in [2.45, 2.75) is 83.6 Å². The second-order valence-corrected chi connectivity index (χ2v) is 10.5. The van der Waals surface area contributed by atoms with Crippen molar-refractivity contribution in [3.8, 4) is 0 Å². The Bertz CT molecular complexity index is 1100. The highest BCUT2D eigenvalue weighted by molar-refractivity contribution is 7.36. The van der Waals surface area contributed by atoms with Gasteiger partial charge in [-0.2, -0.15) is 9.97 Å². The van der Waals surface area contributed by atoms with Crippen LogP contribution in [0.5, 0.6) is 0 Å². The van der Waals surface area contributed by atoms with E-state index in [-0.39, 0.29) is 24.4 Å². The van der Waals surface area contributed by atoms with Gasteiger partial charge in [0, 0.05) is 18.4 Å². The number of carbonyl (C=O) groups excluding carboxylic acids is 1. The van der Waals surface area contributed by atoms with Crippen LogP contribution < -0.4 is 16.1 Å². The van der Waals surface area contributed by atoms with E-state index in [0.29, 0.717) is 23.0 Å². The van der Waals surface area contributed by atoms with Crippen molar-refractivity contribution in [1.82, 2.24) is 24.6 Å². The second kappa shape index (κ2) is 10.3. The number of aromatic nitrogens is 4. The Kier molecular flexibility index (Phi) is 7.51. The van der Waals surface area contributed by atoms with Crippen LogP contribution in [-0.2, 0) is 23.4 Å². The highest BCUT2D eigenvalue weighted by Crippen LogP contribution is 2.44. The average Bonchev–Trinajstić information content (AvgIpc) is 3.28. The lowest BCUT2D eigenvalue weighted by Crippen LogP contribution is -2.34. The van der Waals surface area contributed by atoms with Gasteiger partial charge in [-0.05, 0) is 44.6 Å². The summed E-state index contributed by atoms with van der Waals surface area (Å²) in [6.45, 7) is 6.15. The van der Waals surface area contributed by atoms with Crippen LogP contribution in [0.3, 0.4) is 0 Å². The van der Waals surface area contributed by atoms with Crippen molar-refractivity contribution >= 4 is 37.1 Å². The van der Waals surface area contributed by atoms with Crippen LogP contribution in [0.1, 0.15) is 59.6 Å². The smallest absolute Gasteiger partial charge is 0.462 e. The number of anilines is 2. The number of hydrogen-bond acceptors (Lipinski definition) is 10. The summed E-state index contributed by atoms with van der Waals surface area (Å²) in [7, 11) is -2.53. The minimum absolute atomic E-state index is 0.000789. The van der Waals surface area contributed by atoms with Gasteiger partial charge in [-0.15, -0.1) is 4.52 Å². The number of halogens is 1. The number of imidazole rings is 1. The number of fused-ring (bicyclic) bond motifs is 1. The third-order valence-corrected chi connectivity index (χ3v) is 6.97. The molecule has 1 aliphatic carbocycles. The van der Waals surface area contributed by atoms with E-state index in [2.05, 4.69) is 25.4 Å². The quantitative estimate of drug-likeness (QED) is 0.317. The van der Waals surface area contributed by atoms with Gasteiger partial charge < -0.3 is 20.5 Å². The number of hydrogen-bond donors (Lipinski definition) is 3. The summed E-state index contributed by atoms with van der Waals surface area (Å²) in [5, 5.41) is 5.82. The summed E-state index contributed by atoms with van der Waals surface area (Å²) >= 11 is 0. The molecule has 0 radical (unpaired) electrons. The summed E-state index contributed by atoms with van der Waals surface area (Å²) < 4.78 is 45.3. The highest BCUT2D eigenvalue weighted by Gasteiger charge is 2.49. The fraction of sp³-hybridized carbons (Fsp3) is 0.714. The zero-order chi connectivity index (χ0) is 25.3. The van der Waals surface area contributed by atoms with Crippen molar-refractivity contribution in [2.75, 3.05) is 17.7 Å². The molecule has 0 bridgehead atoms. The van der Waals surface area contributed by atoms with E-state index in [1.165, 1.54) is 13.3 Å². The Morgan fingerprint density at radius 2 is 2.14 bits per heavy atom. The summed E-state index contributed by atoms with van der Waals surface area (Å²) in [6, 6.07) is -0.557. The molecule has 2 aliphatic rings. The van der Waals surface area contributed by atoms with E-state index in [1.807, 2.05) is 6.92 Å². The van der Waals surface area contributed by atoms with Gasteiger partial charge in [0.05, 0.1) is 12.4 Å². The number of nitrogen functional groups attached to an aromatic ring is 1. The third kappa shape index (κ3) is 5.85. The molecule has 14 heteroatoms. The molecular weight excluding hydrogens is 480 g/mol. The Labute approximate surface area is 203 Å². The van der Waals surface area contributed by atoms with Crippen molar-refractivity contribution in [3.05, 3.63) is 6.33 Å². The lowest BCUT2D eigenvalue weighted by molar-refractivity contribution is -0.172. The Morgan fingerprint density at radius 3 is 2.80 bits per heavy atom. The van der Waals surface area contributed by atoms with Crippen molar-refractivity contribution in [1.29, 1.82) is 0 Å². The van der Waals surface area contributed by atoms with Crippen LogP contribution in [0.2, 0.25) is 0 Å². The molecule has 1 saturated carbocycles. The molecule has 0 amide bonds. The normalized spacial score (nSPS) is 26.1. The number of carbonyl (C=O) groups is 1. The van der Waals surface area contributed by atoms with E-state index < -0.39 is 38.9 Å². The van der Waals surface area contributed by atoms with Crippen LogP contribution in [0, 0.1) is 5.92 Å². The number of nitrogens with one attached hydrogen (secondary N) is 2. The van der Waals surface area contributed by atoms with E-state index in [1.54, 1.807) is 18.4 Å². The van der Waals surface area contributed by atoms with Gasteiger partial charge in [0.15, 0.2) is 23.6 Å². The molecule has 0 aromatic carbocycles. The molecular formula is C21H32FN7O5P+. The maximum absolute atomic E-state index is 15.5. The van der Waals surface area contributed by atoms with Crippen LogP contribution in [0.4, 0.5) is 16.2 Å². The van der Waals surface area contributed by atoms with Gasteiger partial charge in [-0.3, -0.25) is 9.36 Å². The van der Waals surface area contributed by atoms with E-state index in [4.69, 9.17) is 19.7 Å². The lowest BCUT2D eigenvalue weighted by Gasteiger charge is -2.27. The molecule has 5 atom stereocenters. The number of alkyl halides is 1. The largest absolute Gasteiger partial charge is 0.614 e. The van der Waals surface area contributed by atoms with Gasteiger partial charge in [0.2, 0.25) is 11.8 Å². The van der Waals surface area contributed by atoms with Crippen molar-refractivity contribution in [3.63, 3.8) is 0 Å². The molecule has 1 saturated heterocycles. The average molecular weight is 513 g/mol. The van der Waals surface area contributed by atoms with Crippen molar-refractivity contribution < 1.29 is 27.7 Å². The van der Waals surface area contributed by atoms with Crippen LogP contribution in [0.25, 0.3) is 11.2 Å². The fourth-order valence-electron chi connectivity index (χ4n) is 4.09.